The molecule has 2 atom stereocenters. The molecule has 0 N–H and O–H groups in total. The second-order valence-electron chi connectivity index (χ2n) is 15.0. The van der Waals surface area contributed by atoms with Gasteiger partial charge in [-0.3, -0.25) is 4.57 Å². The third-order valence-electron chi connectivity index (χ3n) is 12.0. The smallest absolute Gasteiger partial charge is 0.141 e. The van der Waals surface area contributed by atoms with E-state index in [4.69, 9.17) is 13.8 Å². The molecule has 0 amide bonds. The molecule has 0 radical (unpaired) electrons. The Labute approximate surface area is 311 Å². The number of rotatable bonds is 4. The van der Waals surface area contributed by atoms with Crippen molar-refractivity contribution in [1.82, 2.24) is 4.57 Å². The Hall–Kier alpha value is -6.65. The van der Waals surface area contributed by atoms with Gasteiger partial charge in [0.1, 0.15) is 28.1 Å². The van der Waals surface area contributed by atoms with Crippen molar-refractivity contribution < 1.29 is 8.83 Å². The second kappa shape index (κ2) is 11.4. The number of nitrogens with zero attached hydrogens (tertiary/aromatic N) is 2. The van der Waals surface area contributed by atoms with Gasteiger partial charge in [0.2, 0.25) is 0 Å². The van der Waals surface area contributed by atoms with Crippen molar-refractivity contribution in [2.24, 2.45) is 4.99 Å². The molecule has 4 heterocycles. The minimum absolute atomic E-state index is 0.215. The minimum Gasteiger partial charge on any atom is -0.456 e. The van der Waals surface area contributed by atoms with Crippen LogP contribution in [-0.4, -0.2) is 10.3 Å². The van der Waals surface area contributed by atoms with Gasteiger partial charge in [-0.2, -0.15) is 0 Å². The van der Waals surface area contributed by atoms with Crippen molar-refractivity contribution in [3.8, 4) is 16.8 Å². The van der Waals surface area contributed by atoms with Crippen LogP contribution in [0.5, 0.6) is 0 Å². The Kier molecular flexibility index (Phi) is 6.32. The van der Waals surface area contributed by atoms with Crippen LogP contribution in [0.4, 0.5) is 5.82 Å². The van der Waals surface area contributed by atoms with Crippen LogP contribution in [0.1, 0.15) is 40.5 Å². The largest absolute Gasteiger partial charge is 0.456 e. The Morgan fingerprint density at radius 1 is 0.519 bits per heavy atom. The van der Waals surface area contributed by atoms with E-state index in [0.717, 1.165) is 63.9 Å². The molecule has 256 valence electrons. The molecule has 12 rings (SSSR count). The molecule has 3 aromatic heterocycles. The summed E-state index contributed by atoms with van der Waals surface area (Å²) in [5.41, 5.74) is 15.3. The van der Waals surface area contributed by atoms with Crippen LogP contribution >= 0.6 is 0 Å². The highest BCUT2D eigenvalue weighted by Crippen LogP contribution is 2.49. The Morgan fingerprint density at radius 2 is 1.19 bits per heavy atom. The molecular formula is C50H34N2O2. The average molecular weight is 695 g/mol. The molecule has 2 aliphatic rings. The third-order valence-corrected chi connectivity index (χ3v) is 12.0. The van der Waals surface area contributed by atoms with Gasteiger partial charge in [-0.05, 0) is 102 Å². The van der Waals surface area contributed by atoms with Crippen molar-refractivity contribution in [2.45, 2.75) is 31.1 Å². The number of furan rings is 2. The highest BCUT2D eigenvalue weighted by atomic mass is 16.3. The van der Waals surface area contributed by atoms with Crippen molar-refractivity contribution in [1.29, 1.82) is 0 Å². The summed E-state index contributed by atoms with van der Waals surface area (Å²) in [6, 6.07) is 56.8. The van der Waals surface area contributed by atoms with E-state index in [-0.39, 0.29) is 5.92 Å². The van der Waals surface area contributed by atoms with Gasteiger partial charge in [0.05, 0.1) is 5.52 Å². The number of hydrogen-bond acceptors (Lipinski definition) is 3. The van der Waals surface area contributed by atoms with Crippen LogP contribution in [0.25, 0.3) is 71.6 Å². The molecule has 1 aliphatic heterocycles. The van der Waals surface area contributed by atoms with Crippen molar-refractivity contribution >= 4 is 66.3 Å². The van der Waals surface area contributed by atoms with Gasteiger partial charge in [0.15, 0.2) is 0 Å². The summed E-state index contributed by atoms with van der Waals surface area (Å²) in [5.74, 6) is 1.57. The van der Waals surface area contributed by atoms with Crippen LogP contribution in [0, 0.1) is 0 Å². The van der Waals surface area contributed by atoms with Gasteiger partial charge in [-0.15, -0.1) is 0 Å². The van der Waals surface area contributed by atoms with Gasteiger partial charge in [-0.1, -0.05) is 109 Å². The molecule has 10 aromatic rings. The molecule has 0 spiro atoms. The third kappa shape index (κ3) is 4.46. The molecular weight excluding hydrogens is 661 g/mol. The summed E-state index contributed by atoms with van der Waals surface area (Å²) < 4.78 is 14.8. The molecule has 2 unspecified atom stereocenters. The average Bonchev–Trinajstić information content (AvgIpc) is 3.89. The second-order valence-corrected chi connectivity index (χ2v) is 15.0. The first-order chi connectivity index (χ1) is 26.7. The number of aromatic nitrogens is 1. The minimum atomic E-state index is 0.215. The van der Waals surface area contributed by atoms with Crippen molar-refractivity contribution in [3.63, 3.8) is 0 Å². The Morgan fingerprint density at radius 3 is 1.98 bits per heavy atom. The van der Waals surface area contributed by atoms with Gasteiger partial charge >= 0.3 is 0 Å². The summed E-state index contributed by atoms with van der Waals surface area (Å²) >= 11 is 0. The van der Waals surface area contributed by atoms with E-state index < -0.39 is 0 Å². The first-order valence-electron chi connectivity index (χ1n) is 18.9. The van der Waals surface area contributed by atoms with Gasteiger partial charge in [0.25, 0.3) is 0 Å². The molecule has 54 heavy (non-hydrogen) atoms. The molecule has 1 aliphatic carbocycles. The lowest BCUT2D eigenvalue weighted by Crippen LogP contribution is -2.28. The molecule has 0 fully saturated rings. The highest BCUT2D eigenvalue weighted by Gasteiger charge is 2.37. The monoisotopic (exact) mass is 694 g/mol. The van der Waals surface area contributed by atoms with Crippen molar-refractivity contribution in [3.05, 3.63) is 180 Å². The normalized spacial score (nSPS) is 16.6. The highest BCUT2D eigenvalue weighted by molar-refractivity contribution is 6.07. The number of aliphatic imine (C=N–C) groups is 1. The number of fused-ring (bicyclic) bond motifs is 12. The maximum absolute atomic E-state index is 6.23. The van der Waals surface area contributed by atoms with Crippen LogP contribution in [0.2, 0.25) is 0 Å². The fraction of sp³-hybridized carbons (Fsp3) is 0.100. The number of benzene rings is 7. The first kappa shape index (κ1) is 29.9. The quantitative estimate of drug-likeness (QED) is 0.184. The molecule has 4 heteroatoms. The zero-order valence-corrected chi connectivity index (χ0v) is 29.5. The van der Waals surface area contributed by atoms with E-state index in [1.165, 1.54) is 60.8 Å². The number of hydrogen-bond donors (Lipinski definition) is 0. The fourth-order valence-corrected chi connectivity index (χ4v) is 9.53. The van der Waals surface area contributed by atoms with Gasteiger partial charge in [-0.25, -0.2) is 4.99 Å². The maximum atomic E-state index is 6.23. The van der Waals surface area contributed by atoms with Gasteiger partial charge in [0, 0.05) is 49.8 Å². The Bertz CT molecular complexity index is 3160. The predicted molar refractivity (Wildman–Crippen MR) is 221 cm³/mol. The van der Waals surface area contributed by atoms with E-state index in [1.807, 2.05) is 18.2 Å². The fourth-order valence-electron chi connectivity index (χ4n) is 9.53. The topological polar surface area (TPSA) is 43.6 Å². The zero-order chi connectivity index (χ0) is 35.3. The van der Waals surface area contributed by atoms with E-state index in [2.05, 4.69) is 144 Å². The SMILES string of the molecule is c1ccc(-c2ccc3c(c2)C2Cc4c(n(-c5ccc6oc7ccccc7c6c5)c5ccccc45)N=C2CC3Cc2ccc3oc4ccccc4c3c2)cc1. The molecule has 4 nitrogen and oxygen atoms in total. The molecule has 0 saturated carbocycles. The lowest BCUT2D eigenvalue weighted by molar-refractivity contribution is 0.644. The van der Waals surface area contributed by atoms with E-state index in [1.54, 1.807) is 0 Å². The molecule has 0 saturated heterocycles. The summed E-state index contributed by atoms with van der Waals surface area (Å²) in [6.45, 7) is 0. The maximum Gasteiger partial charge on any atom is 0.141 e. The Balaban J connectivity index is 1.03. The summed E-state index contributed by atoms with van der Waals surface area (Å²) in [5, 5.41) is 5.88. The van der Waals surface area contributed by atoms with E-state index in [9.17, 15) is 0 Å². The van der Waals surface area contributed by atoms with Crippen molar-refractivity contribution in [2.75, 3.05) is 0 Å². The number of para-hydroxylation sites is 3. The van der Waals surface area contributed by atoms with E-state index in [0.29, 0.717) is 5.92 Å². The summed E-state index contributed by atoms with van der Waals surface area (Å²) in [4.78, 5) is 5.73. The first-order valence-corrected chi connectivity index (χ1v) is 18.9. The summed E-state index contributed by atoms with van der Waals surface area (Å²) in [6.07, 6.45) is 2.77. The van der Waals surface area contributed by atoms with Crippen LogP contribution in [0.3, 0.4) is 0 Å². The standard InChI is InChI=1S/C50H34N2O2/c1-2-10-31(11-3-1)32-19-21-35-33(24-30-18-22-48-41(25-30)37-13-5-8-16-46(37)53-48)27-44-40(39(35)26-32)29-43-36-12-4-7-15-45(36)52(50(43)51-44)34-20-23-49-42(28-34)38-14-6-9-17-47(38)54-49/h1-23,25-26,28,33,40H,24,27,29H2. The van der Waals surface area contributed by atoms with Gasteiger partial charge < -0.3 is 8.83 Å². The van der Waals surface area contributed by atoms with Crippen LogP contribution in [-0.2, 0) is 12.8 Å². The van der Waals surface area contributed by atoms with E-state index >= 15 is 0 Å². The molecule has 0 bridgehead atoms. The zero-order valence-electron chi connectivity index (χ0n) is 29.5. The lowest BCUT2D eigenvalue weighted by atomic mass is 9.70. The van der Waals surface area contributed by atoms with Crippen LogP contribution in [0.15, 0.2) is 172 Å². The summed E-state index contributed by atoms with van der Waals surface area (Å²) in [7, 11) is 0. The van der Waals surface area contributed by atoms with Crippen LogP contribution < -0.4 is 0 Å². The molecule has 7 aromatic carbocycles. The predicted octanol–water partition coefficient (Wildman–Crippen LogP) is 13.2. The lowest BCUT2D eigenvalue weighted by Gasteiger charge is -2.36.